The maximum absolute atomic E-state index is 13.7. The Hall–Kier alpha value is -4.67. The number of fused-ring (bicyclic) bond motifs is 1. The molecule has 5 rings (SSSR count). The number of pyridine rings is 1. The minimum Gasteiger partial charge on any atom is -0.383 e. The van der Waals surface area contributed by atoms with Gasteiger partial charge in [0.05, 0.1) is 10.2 Å². The van der Waals surface area contributed by atoms with E-state index in [-0.39, 0.29) is 11.7 Å². The predicted molar refractivity (Wildman–Crippen MR) is 161 cm³/mol. The second-order valence-electron chi connectivity index (χ2n) is 9.38. The quantitative estimate of drug-likeness (QED) is 0.200. The van der Waals surface area contributed by atoms with E-state index in [1.54, 1.807) is 0 Å². The summed E-state index contributed by atoms with van der Waals surface area (Å²) in [7, 11) is 0. The molecular formula is C32H29N5OS. The Morgan fingerprint density at radius 3 is 2.38 bits per heavy atom. The van der Waals surface area contributed by atoms with Gasteiger partial charge in [0.2, 0.25) is 0 Å². The maximum atomic E-state index is 13.7. The fourth-order valence-corrected chi connectivity index (χ4v) is 5.76. The van der Waals surface area contributed by atoms with Crippen LogP contribution in [0.1, 0.15) is 39.5 Å². The molecule has 0 spiro atoms. The van der Waals surface area contributed by atoms with Crippen LogP contribution in [0.2, 0.25) is 0 Å². The number of anilines is 3. The van der Waals surface area contributed by atoms with E-state index in [0.29, 0.717) is 40.2 Å². The molecule has 0 aliphatic heterocycles. The molecule has 6 nitrogen and oxygen atoms in total. The molecule has 0 fully saturated rings. The van der Waals surface area contributed by atoms with Crippen LogP contribution in [0.4, 0.5) is 16.5 Å². The van der Waals surface area contributed by atoms with Gasteiger partial charge in [-0.2, -0.15) is 5.26 Å². The molecule has 1 amide bonds. The first-order chi connectivity index (χ1) is 19.0. The number of carbonyl (C=O) groups excluding carboxylic acids is 1. The summed E-state index contributed by atoms with van der Waals surface area (Å²) < 4.78 is 0.741. The molecule has 39 heavy (non-hydrogen) atoms. The van der Waals surface area contributed by atoms with Crippen molar-refractivity contribution >= 4 is 44.0 Å². The number of nitrogens with zero attached hydrogens (tertiary/aromatic N) is 2. The van der Waals surface area contributed by atoms with Gasteiger partial charge in [-0.15, -0.1) is 11.3 Å². The highest BCUT2D eigenvalue weighted by Gasteiger charge is 2.26. The number of aryl methyl sites for hydroxylation is 2. The number of thiophene rings is 1. The van der Waals surface area contributed by atoms with Crippen molar-refractivity contribution in [1.82, 2.24) is 10.3 Å². The molecule has 0 unspecified atom stereocenters. The summed E-state index contributed by atoms with van der Waals surface area (Å²) in [6.45, 7) is 4.60. The van der Waals surface area contributed by atoms with Crippen LogP contribution in [0.15, 0.2) is 78.9 Å². The number of carbonyl (C=O) groups is 1. The topological polar surface area (TPSA) is 104 Å². The van der Waals surface area contributed by atoms with Gasteiger partial charge in [-0.3, -0.25) is 4.79 Å². The number of rotatable bonds is 8. The van der Waals surface area contributed by atoms with E-state index < -0.39 is 0 Å². The van der Waals surface area contributed by atoms with Gasteiger partial charge in [0.1, 0.15) is 28.0 Å². The zero-order valence-corrected chi connectivity index (χ0v) is 22.7. The average Bonchev–Trinajstić information content (AvgIpc) is 3.30. The number of hydrogen-bond donors (Lipinski definition) is 3. The molecule has 0 saturated carbocycles. The minimum atomic E-state index is -0.240. The molecule has 0 aliphatic rings. The fraction of sp³-hybridized carbons (Fsp3) is 0.156. The molecule has 194 valence electrons. The van der Waals surface area contributed by atoms with Crippen LogP contribution in [0.3, 0.4) is 0 Å². The van der Waals surface area contributed by atoms with E-state index in [1.165, 1.54) is 16.9 Å². The Morgan fingerprint density at radius 2 is 1.72 bits per heavy atom. The van der Waals surface area contributed by atoms with E-state index in [2.05, 4.69) is 40.7 Å². The van der Waals surface area contributed by atoms with Crippen LogP contribution in [-0.4, -0.2) is 17.4 Å². The second kappa shape index (κ2) is 11.4. The van der Waals surface area contributed by atoms with E-state index in [0.717, 1.165) is 33.5 Å². The van der Waals surface area contributed by atoms with Gasteiger partial charge >= 0.3 is 0 Å². The van der Waals surface area contributed by atoms with Gasteiger partial charge in [0, 0.05) is 17.8 Å². The van der Waals surface area contributed by atoms with Crippen molar-refractivity contribution in [2.75, 3.05) is 17.6 Å². The van der Waals surface area contributed by atoms with Crippen molar-refractivity contribution in [3.63, 3.8) is 0 Å². The van der Waals surface area contributed by atoms with E-state index in [9.17, 15) is 10.1 Å². The van der Waals surface area contributed by atoms with Gasteiger partial charge in [-0.05, 0) is 48.6 Å². The third-order valence-electron chi connectivity index (χ3n) is 6.69. The lowest BCUT2D eigenvalue weighted by molar-refractivity contribution is 0.0957. The van der Waals surface area contributed by atoms with Gasteiger partial charge in [-0.1, -0.05) is 79.2 Å². The minimum absolute atomic E-state index is 0.107. The largest absolute Gasteiger partial charge is 0.383 e. The summed E-state index contributed by atoms with van der Waals surface area (Å²) in [4.78, 5) is 18.3. The van der Waals surface area contributed by atoms with Crippen molar-refractivity contribution in [3.8, 4) is 17.2 Å². The maximum Gasteiger partial charge on any atom is 0.256 e. The smallest absolute Gasteiger partial charge is 0.256 e. The third-order valence-corrected chi connectivity index (χ3v) is 7.80. The predicted octanol–water partition coefficient (Wildman–Crippen LogP) is 7.00. The molecule has 0 bridgehead atoms. The summed E-state index contributed by atoms with van der Waals surface area (Å²) in [6.07, 6.45) is 1.65. The number of nitrogens with one attached hydrogen (secondary N) is 2. The van der Waals surface area contributed by atoms with Crippen molar-refractivity contribution in [2.45, 2.75) is 26.7 Å². The molecule has 0 aliphatic carbocycles. The first kappa shape index (κ1) is 26.0. The number of aromatic nitrogens is 1. The zero-order chi connectivity index (χ0) is 27.4. The number of hydrogen-bond acceptors (Lipinski definition) is 6. The third kappa shape index (κ3) is 5.47. The van der Waals surface area contributed by atoms with Crippen LogP contribution in [0.25, 0.3) is 21.3 Å². The highest BCUT2D eigenvalue weighted by molar-refractivity contribution is 7.24. The number of amides is 1. The van der Waals surface area contributed by atoms with Crippen LogP contribution in [0, 0.1) is 18.3 Å². The van der Waals surface area contributed by atoms with Crippen LogP contribution < -0.4 is 16.4 Å². The Balaban J connectivity index is 1.62. The number of nitrogen functional groups attached to an aromatic ring is 1. The standard InChI is InChI=1S/C32H29N5OS/c1-3-21-11-15-24(16-12-21)36-32-27(31(38)35-18-17-22-7-5-4-6-8-22)28-29(39-32)26(25(19-33)30(34)37-28)23-13-9-20(2)10-14-23/h4-16,36H,3,17-18H2,1-2H3,(H2,34,37)(H,35,38). The second-order valence-corrected chi connectivity index (χ2v) is 10.4. The Kier molecular flexibility index (Phi) is 7.57. The number of benzene rings is 3. The van der Waals surface area contributed by atoms with Crippen LogP contribution in [-0.2, 0) is 12.8 Å². The molecule has 3 aromatic carbocycles. The lowest BCUT2D eigenvalue weighted by Gasteiger charge is -2.10. The molecular weight excluding hydrogens is 502 g/mol. The van der Waals surface area contributed by atoms with Crippen molar-refractivity contribution in [2.24, 2.45) is 0 Å². The van der Waals surface area contributed by atoms with Crippen molar-refractivity contribution in [1.29, 1.82) is 5.26 Å². The molecule has 0 radical (unpaired) electrons. The van der Waals surface area contributed by atoms with Gasteiger partial charge in [0.25, 0.3) is 5.91 Å². The summed E-state index contributed by atoms with van der Waals surface area (Å²) in [5.41, 5.74) is 13.4. The Morgan fingerprint density at radius 1 is 1.00 bits per heavy atom. The molecule has 4 N–H and O–H groups in total. The van der Waals surface area contributed by atoms with Gasteiger partial charge in [-0.25, -0.2) is 4.98 Å². The van der Waals surface area contributed by atoms with E-state index >= 15 is 0 Å². The molecule has 2 heterocycles. The molecule has 2 aromatic heterocycles. The number of nitriles is 1. The number of nitrogens with two attached hydrogens (primary N) is 1. The van der Waals surface area contributed by atoms with Crippen LogP contribution >= 0.6 is 11.3 Å². The highest BCUT2D eigenvalue weighted by Crippen LogP contribution is 2.44. The SMILES string of the molecule is CCc1ccc(Nc2sc3c(-c4ccc(C)cc4)c(C#N)c(N)nc3c2C(=O)NCCc2ccccc2)cc1. The average molecular weight is 532 g/mol. The summed E-state index contributed by atoms with van der Waals surface area (Å²) >= 11 is 1.41. The van der Waals surface area contributed by atoms with Gasteiger partial charge < -0.3 is 16.4 Å². The summed E-state index contributed by atoms with van der Waals surface area (Å²) in [5.74, 6) is -0.133. The van der Waals surface area contributed by atoms with Crippen molar-refractivity contribution in [3.05, 3.63) is 107 Å². The first-order valence-corrected chi connectivity index (χ1v) is 13.7. The molecule has 0 saturated heterocycles. The molecule has 7 heteroatoms. The van der Waals surface area contributed by atoms with Gasteiger partial charge in [0.15, 0.2) is 0 Å². The fourth-order valence-electron chi connectivity index (χ4n) is 4.53. The molecule has 5 aromatic rings. The van der Waals surface area contributed by atoms with E-state index in [4.69, 9.17) is 5.73 Å². The van der Waals surface area contributed by atoms with Crippen LogP contribution in [0.5, 0.6) is 0 Å². The monoisotopic (exact) mass is 531 g/mol. The Bertz CT molecular complexity index is 1670. The first-order valence-electron chi connectivity index (χ1n) is 12.9. The summed E-state index contributed by atoms with van der Waals surface area (Å²) in [6, 6.07) is 28.4. The summed E-state index contributed by atoms with van der Waals surface area (Å²) in [5, 5.41) is 17.2. The van der Waals surface area contributed by atoms with E-state index in [1.807, 2.05) is 73.7 Å². The zero-order valence-electron chi connectivity index (χ0n) is 21.9. The normalized spacial score (nSPS) is 10.8. The lowest BCUT2D eigenvalue weighted by atomic mass is 9.99. The lowest BCUT2D eigenvalue weighted by Crippen LogP contribution is -2.26. The molecule has 0 atom stereocenters. The van der Waals surface area contributed by atoms with Crippen molar-refractivity contribution < 1.29 is 4.79 Å². The highest BCUT2D eigenvalue weighted by atomic mass is 32.1. The Labute approximate surface area is 232 Å².